The number of ether oxygens (including phenoxy) is 1. The smallest absolute Gasteiger partial charge is 0.306 e. The monoisotopic (exact) mass is 414 g/mol. The van der Waals surface area contributed by atoms with Gasteiger partial charge in [0.2, 0.25) is 0 Å². The predicted octanol–water partition coefficient (Wildman–Crippen LogP) is 4.69. The summed E-state index contributed by atoms with van der Waals surface area (Å²) in [5.74, 6) is 1.17. The number of carboxylic acids is 1. The summed E-state index contributed by atoms with van der Waals surface area (Å²) in [5, 5.41) is 9.37. The van der Waals surface area contributed by atoms with Crippen LogP contribution in [0.15, 0.2) is 11.6 Å². The number of allylic oxidation sites excluding steroid dienone is 1. The van der Waals surface area contributed by atoms with Gasteiger partial charge in [-0.05, 0) is 86.5 Å². The topological polar surface area (TPSA) is 80.7 Å². The van der Waals surface area contributed by atoms with Crippen molar-refractivity contribution in [3.63, 3.8) is 0 Å². The molecule has 1 N–H and O–H groups in total. The second-order valence-electron chi connectivity index (χ2n) is 11.2. The second kappa shape index (κ2) is 6.67. The molecule has 1 spiro atoms. The molecule has 30 heavy (non-hydrogen) atoms. The normalized spacial score (nSPS) is 47.3. The fourth-order valence-corrected chi connectivity index (χ4v) is 8.60. The van der Waals surface area contributed by atoms with Gasteiger partial charge in [-0.2, -0.15) is 0 Å². The molecular formula is C25H34O5. The van der Waals surface area contributed by atoms with E-state index in [-0.39, 0.29) is 34.6 Å². The fourth-order valence-electron chi connectivity index (χ4n) is 8.60. The van der Waals surface area contributed by atoms with E-state index in [0.717, 1.165) is 44.9 Å². The minimum absolute atomic E-state index is 0.0101. The molecule has 0 aromatic rings. The number of hydrogen-bond acceptors (Lipinski definition) is 4. The highest BCUT2D eigenvalue weighted by molar-refractivity contribution is 5.91. The van der Waals surface area contributed by atoms with E-state index in [4.69, 9.17) is 4.74 Å². The lowest BCUT2D eigenvalue weighted by Gasteiger charge is -2.61. The lowest BCUT2D eigenvalue weighted by molar-refractivity contribution is -0.171. The predicted molar refractivity (Wildman–Crippen MR) is 111 cm³/mol. The zero-order valence-corrected chi connectivity index (χ0v) is 18.2. The van der Waals surface area contributed by atoms with Crippen LogP contribution in [0.25, 0.3) is 0 Å². The first-order valence-corrected chi connectivity index (χ1v) is 11.9. The molecular weight excluding hydrogens is 380 g/mol. The van der Waals surface area contributed by atoms with Gasteiger partial charge in [-0.3, -0.25) is 14.4 Å². The Hall–Kier alpha value is -1.65. The number of aliphatic carboxylic acids is 1. The second-order valence-corrected chi connectivity index (χ2v) is 11.2. The highest BCUT2D eigenvalue weighted by atomic mass is 16.6. The van der Waals surface area contributed by atoms with Gasteiger partial charge in [0.15, 0.2) is 5.78 Å². The van der Waals surface area contributed by atoms with Gasteiger partial charge in [-0.25, -0.2) is 0 Å². The molecule has 5 nitrogen and oxygen atoms in total. The fraction of sp³-hybridized carbons (Fsp3) is 0.800. The van der Waals surface area contributed by atoms with Crippen LogP contribution in [0.1, 0.15) is 84.5 Å². The molecule has 0 bridgehead atoms. The number of rotatable bonds is 3. The molecule has 5 unspecified atom stereocenters. The van der Waals surface area contributed by atoms with Crippen LogP contribution in [0.2, 0.25) is 0 Å². The van der Waals surface area contributed by atoms with Crippen molar-refractivity contribution >= 4 is 17.7 Å². The van der Waals surface area contributed by atoms with E-state index >= 15 is 0 Å². The summed E-state index contributed by atoms with van der Waals surface area (Å²) >= 11 is 0. The molecule has 0 aromatic carbocycles. The number of hydrogen-bond donors (Lipinski definition) is 1. The number of ketones is 1. The van der Waals surface area contributed by atoms with Crippen molar-refractivity contribution in [1.82, 2.24) is 0 Å². The van der Waals surface area contributed by atoms with E-state index < -0.39 is 5.97 Å². The highest BCUT2D eigenvalue weighted by Gasteiger charge is 2.68. The first-order valence-electron chi connectivity index (χ1n) is 11.9. The Balaban J connectivity index is 1.53. The molecule has 1 heterocycles. The van der Waals surface area contributed by atoms with Gasteiger partial charge >= 0.3 is 11.9 Å². The van der Waals surface area contributed by atoms with Crippen molar-refractivity contribution in [3.05, 3.63) is 11.6 Å². The zero-order chi connectivity index (χ0) is 21.3. The molecule has 7 atom stereocenters. The molecule has 4 aliphatic carbocycles. The van der Waals surface area contributed by atoms with Gasteiger partial charge in [-0.15, -0.1) is 0 Å². The van der Waals surface area contributed by atoms with Gasteiger partial charge in [0.1, 0.15) is 5.60 Å². The summed E-state index contributed by atoms with van der Waals surface area (Å²) < 4.78 is 6.05. The molecule has 164 valence electrons. The summed E-state index contributed by atoms with van der Waals surface area (Å²) in [6, 6.07) is 0. The first kappa shape index (κ1) is 20.3. The van der Waals surface area contributed by atoms with Crippen LogP contribution < -0.4 is 0 Å². The highest BCUT2D eigenvalue weighted by Crippen LogP contribution is 2.71. The van der Waals surface area contributed by atoms with E-state index in [0.29, 0.717) is 42.9 Å². The van der Waals surface area contributed by atoms with Gasteiger partial charge in [-0.1, -0.05) is 19.4 Å². The molecule has 5 aliphatic rings. The maximum absolute atomic E-state index is 12.2. The summed E-state index contributed by atoms with van der Waals surface area (Å²) in [6.07, 6.45) is 10.7. The SMILES string of the molecule is CC12CCC(=O)C=C1C[C@@H](CCC(=O)O)C1C2CCC2(C)C1CC[C@@]21CCC(=O)O1. The summed E-state index contributed by atoms with van der Waals surface area (Å²) in [5.41, 5.74) is 1.02. The third-order valence-corrected chi connectivity index (χ3v) is 10.2. The molecule has 5 rings (SSSR count). The number of esters is 1. The lowest BCUT2D eigenvalue weighted by atomic mass is 9.43. The molecule has 0 aromatic heterocycles. The minimum Gasteiger partial charge on any atom is -0.481 e. The summed E-state index contributed by atoms with van der Waals surface area (Å²) in [7, 11) is 0. The van der Waals surface area contributed by atoms with Crippen LogP contribution >= 0.6 is 0 Å². The Kier molecular flexibility index (Phi) is 4.51. The van der Waals surface area contributed by atoms with Crippen molar-refractivity contribution in [1.29, 1.82) is 0 Å². The summed E-state index contributed by atoms with van der Waals surface area (Å²) in [6.45, 7) is 4.71. The third kappa shape index (κ3) is 2.69. The van der Waals surface area contributed by atoms with Crippen LogP contribution in [0, 0.1) is 34.5 Å². The van der Waals surface area contributed by atoms with Crippen molar-refractivity contribution in [3.8, 4) is 0 Å². The van der Waals surface area contributed by atoms with Crippen molar-refractivity contribution in [2.75, 3.05) is 0 Å². The Morgan fingerprint density at radius 3 is 2.57 bits per heavy atom. The molecule has 3 saturated carbocycles. The standard InChI is InChI=1S/C25H34O5/c1-23-9-5-17(26)14-16(23)13-15(3-4-20(27)28)22-18(23)6-10-24(2)19(22)7-11-25(24)12-8-21(29)30-25/h14-15,18-19,22H,3-13H2,1-2H3,(H,27,28)/t15-,18?,19?,22?,23?,24?,25-/m1/s1. The Morgan fingerprint density at radius 2 is 1.87 bits per heavy atom. The van der Waals surface area contributed by atoms with Gasteiger partial charge in [0.05, 0.1) is 0 Å². The van der Waals surface area contributed by atoms with E-state index in [2.05, 4.69) is 13.8 Å². The van der Waals surface area contributed by atoms with E-state index in [1.165, 1.54) is 5.57 Å². The largest absolute Gasteiger partial charge is 0.481 e. The quantitative estimate of drug-likeness (QED) is 0.678. The molecule has 5 heteroatoms. The van der Waals surface area contributed by atoms with Crippen molar-refractivity contribution < 1.29 is 24.2 Å². The lowest BCUT2D eigenvalue weighted by Crippen LogP contribution is -2.57. The Morgan fingerprint density at radius 1 is 1.10 bits per heavy atom. The molecule has 1 saturated heterocycles. The van der Waals surface area contributed by atoms with Gasteiger partial charge in [0, 0.05) is 24.7 Å². The van der Waals surface area contributed by atoms with Gasteiger partial charge in [0.25, 0.3) is 0 Å². The first-order chi connectivity index (χ1) is 14.2. The van der Waals surface area contributed by atoms with E-state index in [9.17, 15) is 19.5 Å². The van der Waals surface area contributed by atoms with Gasteiger partial charge < -0.3 is 9.84 Å². The Bertz CT molecular complexity index is 829. The molecule has 1 aliphatic heterocycles. The van der Waals surface area contributed by atoms with E-state index in [1.807, 2.05) is 6.08 Å². The van der Waals surface area contributed by atoms with Crippen LogP contribution in [-0.4, -0.2) is 28.4 Å². The van der Waals surface area contributed by atoms with Crippen LogP contribution in [0.3, 0.4) is 0 Å². The van der Waals surface area contributed by atoms with Crippen LogP contribution in [-0.2, 0) is 19.1 Å². The van der Waals surface area contributed by atoms with E-state index in [1.54, 1.807) is 0 Å². The molecule has 4 fully saturated rings. The summed E-state index contributed by atoms with van der Waals surface area (Å²) in [4.78, 5) is 35.7. The maximum atomic E-state index is 12.2. The number of carboxylic acid groups (broad SMARTS) is 1. The van der Waals surface area contributed by atoms with Crippen LogP contribution in [0.4, 0.5) is 0 Å². The maximum Gasteiger partial charge on any atom is 0.306 e. The number of carbonyl (C=O) groups is 3. The average Bonchev–Trinajstić information content (AvgIpc) is 3.21. The van der Waals surface area contributed by atoms with Crippen molar-refractivity contribution in [2.24, 2.45) is 34.5 Å². The molecule has 0 amide bonds. The number of fused-ring (bicyclic) bond motifs is 6. The Labute approximate surface area is 178 Å². The van der Waals surface area contributed by atoms with Crippen molar-refractivity contribution in [2.45, 2.75) is 90.1 Å². The number of carbonyl (C=O) groups excluding carboxylic acids is 2. The average molecular weight is 415 g/mol. The van der Waals surface area contributed by atoms with Crippen LogP contribution in [0.5, 0.6) is 0 Å². The zero-order valence-electron chi connectivity index (χ0n) is 18.2. The minimum atomic E-state index is -0.736. The molecule has 0 radical (unpaired) electrons. The third-order valence-electron chi connectivity index (χ3n) is 10.2.